The molecule has 1 aromatic rings. The van der Waals surface area contributed by atoms with Gasteiger partial charge in [-0.25, -0.2) is 0 Å². The largest absolute Gasteiger partial charge is 0.493 e. The Labute approximate surface area is 107 Å². The van der Waals surface area contributed by atoms with Crippen molar-refractivity contribution < 1.29 is 5.11 Å². The molecule has 1 rings (SSSR count). The van der Waals surface area contributed by atoms with Crippen molar-refractivity contribution in [1.82, 2.24) is 9.97 Å². The Morgan fingerprint density at radius 2 is 2.06 bits per heavy atom. The molecule has 6 heteroatoms. The number of rotatable bonds is 5. The first-order valence-corrected chi connectivity index (χ1v) is 10.6. The van der Waals surface area contributed by atoms with Crippen molar-refractivity contribution in [3.8, 4) is 5.88 Å². The van der Waals surface area contributed by atoms with Crippen LogP contribution in [0.1, 0.15) is 12.0 Å². The first-order chi connectivity index (χ1) is 7.83. The average molecular weight is 272 g/mol. The summed E-state index contributed by atoms with van der Waals surface area (Å²) >= 11 is 1.31. The molecule has 0 atom stereocenters. The second-order valence-corrected chi connectivity index (χ2v) is 11.7. The molecule has 0 aliphatic rings. The molecule has 96 valence electrons. The minimum absolute atomic E-state index is 0.117. The molecule has 0 fully saturated rings. The van der Waals surface area contributed by atoms with Gasteiger partial charge in [0.15, 0.2) is 5.16 Å². The van der Waals surface area contributed by atoms with E-state index in [1.807, 2.05) is 6.26 Å². The van der Waals surface area contributed by atoms with Gasteiger partial charge in [0.05, 0.1) is 5.56 Å². The van der Waals surface area contributed by atoms with Crippen LogP contribution in [0.25, 0.3) is 0 Å². The molecule has 0 aliphatic carbocycles. The van der Waals surface area contributed by atoms with E-state index in [-0.39, 0.29) is 11.4 Å². The fraction of sp³-hybridized carbons (Fsp3) is 0.636. The SMILES string of the molecule is CSc1nc(O)c(CCC[Si](C)(C)C)c(=O)[nH]1. The molecule has 0 spiro atoms. The highest BCUT2D eigenvalue weighted by Crippen LogP contribution is 2.18. The molecule has 2 N–H and O–H groups in total. The molecule has 0 saturated carbocycles. The van der Waals surface area contributed by atoms with Crippen molar-refractivity contribution in [2.24, 2.45) is 0 Å². The number of aromatic hydroxyl groups is 1. The fourth-order valence-electron chi connectivity index (χ4n) is 1.58. The summed E-state index contributed by atoms with van der Waals surface area (Å²) < 4.78 is 0. The van der Waals surface area contributed by atoms with Gasteiger partial charge in [0.25, 0.3) is 5.56 Å². The van der Waals surface area contributed by atoms with Crippen LogP contribution in [0.5, 0.6) is 5.88 Å². The number of nitrogens with one attached hydrogen (secondary N) is 1. The zero-order valence-electron chi connectivity index (χ0n) is 10.8. The maximum Gasteiger partial charge on any atom is 0.258 e. The number of H-pyrrole nitrogens is 1. The van der Waals surface area contributed by atoms with E-state index >= 15 is 0 Å². The molecule has 0 saturated heterocycles. The molecule has 0 amide bonds. The molecule has 0 unspecified atom stereocenters. The van der Waals surface area contributed by atoms with Gasteiger partial charge in [-0.05, 0) is 12.7 Å². The molecule has 0 radical (unpaired) electrons. The van der Waals surface area contributed by atoms with Crippen LogP contribution in [-0.4, -0.2) is 29.4 Å². The fourth-order valence-corrected chi connectivity index (χ4v) is 3.19. The standard InChI is InChI=1S/C11H20N2O2SSi/c1-16-11-12-9(14)8(10(15)13-11)6-5-7-17(2,3)4/h5-7H2,1-4H3,(H2,12,13,14,15). The summed E-state index contributed by atoms with van der Waals surface area (Å²) in [6.07, 6.45) is 3.35. The lowest BCUT2D eigenvalue weighted by Crippen LogP contribution is -2.20. The molecular weight excluding hydrogens is 252 g/mol. The highest BCUT2D eigenvalue weighted by molar-refractivity contribution is 7.98. The smallest absolute Gasteiger partial charge is 0.258 e. The van der Waals surface area contributed by atoms with E-state index in [4.69, 9.17) is 0 Å². The van der Waals surface area contributed by atoms with Gasteiger partial charge in [-0.2, -0.15) is 4.98 Å². The Morgan fingerprint density at radius 3 is 2.53 bits per heavy atom. The molecule has 1 aromatic heterocycles. The molecule has 0 bridgehead atoms. The zero-order chi connectivity index (χ0) is 13.1. The van der Waals surface area contributed by atoms with Crippen molar-refractivity contribution >= 4 is 19.8 Å². The van der Waals surface area contributed by atoms with Crippen molar-refractivity contribution in [3.05, 3.63) is 15.9 Å². The van der Waals surface area contributed by atoms with Gasteiger partial charge in [-0.15, -0.1) is 0 Å². The Hall–Kier alpha value is -0.753. The minimum atomic E-state index is -1.08. The van der Waals surface area contributed by atoms with Crippen LogP contribution in [0.3, 0.4) is 0 Å². The maximum absolute atomic E-state index is 11.7. The average Bonchev–Trinajstić information content (AvgIpc) is 2.20. The summed E-state index contributed by atoms with van der Waals surface area (Å²) in [5.74, 6) is -0.117. The highest BCUT2D eigenvalue weighted by Gasteiger charge is 2.15. The van der Waals surface area contributed by atoms with E-state index in [1.165, 1.54) is 11.8 Å². The predicted octanol–water partition coefficient (Wildman–Crippen LogP) is 2.47. The summed E-state index contributed by atoms with van der Waals surface area (Å²) in [6.45, 7) is 6.89. The summed E-state index contributed by atoms with van der Waals surface area (Å²) in [5.41, 5.74) is 0.207. The topological polar surface area (TPSA) is 66.0 Å². The maximum atomic E-state index is 11.7. The van der Waals surface area contributed by atoms with Crippen molar-refractivity contribution in [3.63, 3.8) is 0 Å². The van der Waals surface area contributed by atoms with Crippen LogP contribution >= 0.6 is 11.8 Å². The van der Waals surface area contributed by atoms with E-state index in [2.05, 4.69) is 29.6 Å². The summed E-state index contributed by atoms with van der Waals surface area (Å²) in [6, 6.07) is 1.15. The molecule has 0 aliphatic heterocycles. The minimum Gasteiger partial charge on any atom is -0.493 e. The third-order valence-corrected chi connectivity index (χ3v) is 4.95. The lowest BCUT2D eigenvalue weighted by molar-refractivity contribution is 0.435. The summed E-state index contributed by atoms with van der Waals surface area (Å²) in [7, 11) is -1.08. The molecule has 0 aromatic carbocycles. The second kappa shape index (κ2) is 5.73. The predicted molar refractivity (Wildman–Crippen MR) is 74.8 cm³/mol. The molecule has 1 heterocycles. The van der Waals surface area contributed by atoms with Gasteiger partial charge in [-0.3, -0.25) is 4.79 Å². The Morgan fingerprint density at radius 1 is 1.41 bits per heavy atom. The summed E-state index contributed by atoms with van der Waals surface area (Å²) in [4.78, 5) is 18.3. The molecule has 4 nitrogen and oxygen atoms in total. The van der Waals surface area contributed by atoms with Crippen LogP contribution in [0.15, 0.2) is 9.95 Å². The van der Waals surface area contributed by atoms with E-state index in [9.17, 15) is 9.90 Å². The summed E-state index contributed by atoms with van der Waals surface area (Å²) in [5, 5.41) is 10.2. The van der Waals surface area contributed by atoms with Gasteiger partial charge in [-0.1, -0.05) is 43.9 Å². The third-order valence-electron chi connectivity index (χ3n) is 2.52. The van der Waals surface area contributed by atoms with E-state index < -0.39 is 8.07 Å². The van der Waals surface area contributed by atoms with Crippen LogP contribution in [-0.2, 0) is 6.42 Å². The van der Waals surface area contributed by atoms with E-state index in [1.54, 1.807) is 0 Å². The van der Waals surface area contributed by atoms with Gasteiger partial charge >= 0.3 is 0 Å². The second-order valence-electron chi connectivity index (χ2n) is 5.29. The number of aromatic amines is 1. The quantitative estimate of drug-likeness (QED) is 0.491. The normalized spacial score (nSPS) is 11.8. The molecule has 17 heavy (non-hydrogen) atoms. The van der Waals surface area contributed by atoms with Gasteiger partial charge in [0.2, 0.25) is 5.88 Å². The number of aromatic nitrogens is 2. The number of nitrogens with zero attached hydrogens (tertiary/aromatic N) is 1. The Bertz CT molecular complexity index is 440. The first-order valence-electron chi connectivity index (χ1n) is 5.69. The third kappa shape index (κ3) is 4.55. The Kier molecular flexibility index (Phi) is 4.82. The van der Waals surface area contributed by atoms with E-state index in [0.29, 0.717) is 17.1 Å². The number of thioether (sulfide) groups is 1. The number of hydrogen-bond donors (Lipinski definition) is 2. The van der Waals surface area contributed by atoms with Crippen molar-refractivity contribution in [2.75, 3.05) is 6.26 Å². The molecular formula is C11H20N2O2SSi. The van der Waals surface area contributed by atoms with Crippen LogP contribution in [0.2, 0.25) is 25.7 Å². The van der Waals surface area contributed by atoms with Gasteiger partial charge in [0.1, 0.15) is 0 Å². The van der Waals surface area contributed by atoms with Crippen LogP contribution in [0, 0.1) is 0 Å². The van der Waals surface area contributed by atoms with Crippen molar-refractivity contribution in [2.45, 2.75) is 43.7 Å². The zero-order valence-corrected chi connectivity index (χ0v) is 12.6. The first kappa shape index (κ1) is 14.3. The lowest BCUT2D eigenvalue weighted by atomic mass is 10.2. The van der Waals surface area contributed by atoms with Gasteiger partial charge in [0, 0.05) is 8.07 Å². The van der Waals surface area contributed by atoms with Crippen molar-refractivity contribution in [1.29, 1.82) is 0 Å². The number of hydrogen-bond acceptors (Lipinski definition) is 4. The van der Waals surface area contributed by atoms with Gasteiger partial charge < -0.3 is 10.1 Å². The Balaban J connectivity index is 2.75. The lowest BCUT2D eigenvalue weighted by Gasteiger charge is -2.15. The monoisotopic (exact) mass is 272 g/mol. The highest BCUT2D eigenvalue weighted by atomic mass is 32.2. The van der Waals surface area contributed by atoms with E-state index in [0.717, 1.165) is 12.5 Å². The van der Waals surface area contributed by atoms with Crippen LogP contribution in [0.4, 0.5) is 0 Å². The van der Waals surface area contributed by atoms with Crippen LogP contribution < -0.4 is 5.56 Å².